The smallest absolute Gasteiger partial charge is 0.221 e. The SMILES string of the molecule is CC(=O)Nc1ccc(SC(C)C(N)c2ccccc2)cc1. The van der Waals surface area contributed by atoms with Crippen LogP contribution in [0.15, 0.2) is 59.5 Å². The molecule has 0 saturated heterocycles. The summed E-state index contributed by atoms with van der Waals surface area (Å²) in [5, 5.41) is 3.02. The lowest BCUT2D eigenvalue weighted by atomic mass is 10.1. The van der Waals surface area contributed by atoms with Crippen LogP contribution >= 0.6 is 11.8 Å². The maximum atomic E-state index is 11.0. The van der Waals surface area contributed by atoms with Gasteiger partial charge < -0.3 is 11.1 Å². The van der Waals surface area contributed by atoms with E-state index in [1.165, 1.54) is 6.92 Å². The third-order valence-electron chi connectivity index (χ3n) is 3.19. The third kappa shape index (κ3) is 4.62. The van der Waals surface area contributed by atoms with Crippen molar-refractivity contribution in [2.24, 2.45) is 5.73 Å². The van der Waals surface area contributed by atoms with E-state index in [1.807, 2.05) is 42.5 Å². The maximum absolute atomic E-state index is 11.0. The first-order chi connectivity index (χ1) is 10.1. The van der Waals surface area contributed by atoms with E-state index in [-0.39, 0.29) is 17.2 Å². The van der Waals surface area contributed by atoms with E-state index in [9.17, 15) is 4.79 Å². The monoisotopic (exact) mass is 300 g/mol. The average Bonchev–Trinajstić information content (AvgIpc) is 2.49. The third-order valence-corrected chi connectivity index (χ3v) is 4.40. The molecule has 0 aromatic heterocycles. The molecule has 3 nitrogen and oxygen atoms in total. The van der Waals surface area contributed by atoms with Gasteiger partial charge in [0.25, 0.3) is 0 Å². The van der Waals surface area contributed by atoms with E-state index in [0.717, 1.165) is 16.1 Å². The molecule has 4 heteroatoms. The summed E-state index contributed by atoms with van der Waals surface area (Å²) in [6, 6.07) is 17.9. The molecule has 0 aliphatic carbocycles. The molecule has 0 heterocycles. The van der Waals surface area contributed by atoms with Gasteiger partial charge >= 0.3 is 0 Å². The zero-order valence-corrected chi connectivity index (χ0v) is 13.1. The molecule has 110 valence electrons. The summed E-state index contributed by atoms with van der Waals surface area (Å²) in [5.41, 5.74) is 8.26. The molecule has 2 rings (SSSR count). The van der Waals surface area contributed by atoms with Crippen molar-refractivity contribution < 1.29 is 4.79 Å². The molecule has 3 N–H and O–H groups in total. The molecule has 0 aliphatic heterocycles. The molecule has 21 heavy (non-hydrogen) atoms. The van der Waals surface area contributed by atoms with Gasteiger partial charge in [0.1, 0.15) is 0 Å². The molecule has 2 atom stereocenters. The Kier molecular flexibility index (Phi) is 5.42. The summed E-state index contributed by atoms with van der Waals surface area (Å²) in [4.78, 5) is 12.1. The highest BCUT2D eigenvalue weighted by Crippen LogP contribution is 2.31. The number of benzene rings is 2. The minimum Gasteiger partial charge on any atom is -0.326 e. The number of thioether (sulfide) groups is 1. The summed E-state index contributed by atoms with van der Waals surface area (Å²) in [7, 11) is 0. The first-order valence-electron chi connectivity index (χ1n) is 6.91. The fourth-order valence-corrected chi connectivity index (χ4v) is 3.08. The average molecular weight is 300 g/mol. The first kappa shape index (κ1) is 15.6. The Morgan fingerprint density at radius 1 is 1.10 bits per heavy atom. The lowest BCUT2D eigenvalue weighted by Crippen LogP contribution is -2.20. The molecule has 2 unspecified atom stereocenters. The number of amides is 1. The summed E-state index contributed by atoms with van der Waals surface area (Å²) in [6.45, 7) is 3.63. The number of carbonyl (C=O) groups is 1. The van der Waals surface area contributed by atoms with Gasteiger partial charge in [-0.05, 0) is 29.8 Å². The Hall–Kier alpha value is -1.78. The van der Waals surface area contributed by atoms with Gasteiger partial charge in [-0.2, -0.15) is 0 Å². The molecule has 0 fully saturated rings. The standard InChI is InChI=1S/C17H20N2OS/c1-12(17(18)14-6-4-3-5-7-14)21-16-10-8-15(9-11-16)19-13(2)20/h3-12,17H,18H2,1-2H3,(H,19,20). The second-order valence-corrected chi connectivity index (χ2v) is 6.42. The largest absolute Gasteiger partial charge is 0.326 e. The quantitative estimate of drug-likeness (QED) is 0.825. The van der Waals surface area contributed by atoms with Crippen LogP contribution in [0.4, 0.5) is 5.69 Å². The highest BCUT2D eigenvalue weighted by atomic mass is 32.2. The van der Waals surface area contributed by atoms with Crippen molar-refractivity contribution in [2.75, 3.05) is 5.32 Å². The fraction of sp³-hybridized carbons (Fsp3) is 0.235. The molecular weight excluding hydrogens is 280 g/mol. The number of anilines is 1. The van der Waals surface area contributed by atoms with E-state index in [1.54, 1.807) is 11.8 Å². The highest BCUT2D eigenvalue weighted by molar-refractivity contribution is 8.00. The van der Waals surface area contributed by atoms with Gasteiger partial charge in [0, 0.05) is 28.8 Å². The minimum atomic E-state index is -0.0603. The van der Waals surface area contributed by atoms with Gasteiger partial charge in [0.05, 0.1) is 0 Å². The summed E-state index contributed by atoms with van der Waals surface area (Å²) < 4.78 is 0. The molecule has 0 radical (unpaired) electrons. The molecular formula is C17H20N2OS. The van der Waals surface area contributed by atoms with Gasteiger partial charge in [-0.25, -0.2) is 0 Å². The van der Waals surface area contributed by atoms with Crippen molar-refractivity contribution in [3.05, 3.63) is 60.2 Å². The van der Waals surface area contributed by atoms with Crippen molar-refractivity contribution in [1.82, 2.24) is 0 Å². The number of hydrogen-bond acceptors (Lipinski definition) is 3. The Labute approximate surface area is 129 Å². The second kappa shape index (κ2) is 7.29. The summed E-state index contributed by atoms with van der Waals surface area (Å²) in [5.74, 6) is -0.0603. The Bertz CT molecular complexity index is 583. The Morgan fingerprint density at radius 2 is 1.71 bits per heavy atom. The lowest BCUT2D eigenvalue weighted by molar-refractivity contribution is -0.114. The topological polar surface area (TPSA) is 55.1 Å². The van der Waals surface area contributed by atoms with Crippen LogP contribution in [-0.4, -0.2) is 11.2 Å². The predicted octanol–water partition coefficient (Wildman–Crippen LogP) is 3.83. The van der Waals surface area contributed by atoms with Crippen molar-refractivity contribution in [1.29, 1.82) is 0 Å². The number of nitrogens with two attached hydrogens (primary N) is 1. The van der Waals surface area contributed by atoms with Crippen LogP contribution in [0.25, 0.3) is 0 Å². The van der Waals surface area contributed by atoms with Crippen molar-refractivity contribution >= 4 is 23.4 Å². The fourth-order valence-electron chi connectivity index (χ4n) is 2.05. The van der Waals surface area contributed by atoms with Gasteiger partial charge in [-0.15, -0.1) is 11.8 Å². The molecule has 2 aromatic carbocycles. The van der Waals surface area contributed by atoms with Crippen LogP contribution in [0.2, 0.25) is 0 Å². The molecule has 0 bridgehead atoms. The molecule has 0 spiro atoms. The second-order valence-electron chi connectivity index (χ2n) is 4.97. The Balaban J connectivity index is 1.99. The predicted molar refractivity (Wildman–Crippen MR) is 89.4 cm³/mol. The number of nitrogens with one attached hydrogen (secondary N) is 1. The van der Waals surface area contributed by atoms with Crippen LogP contribution in [0.1, 0.15) is 25.5 Å². The van der Waals surface area contributed by atoms with E-state index in [0.29, 0.717) is 0 Å². The van der Waals surface area contributed by atoms with Gasteiger partial charge in [0.15, 0.2) is 0 Å². The van der Waals surface area contributed by atoms with Crippen LogP contribution in [0.5, 0.6) is 0 Å². The number of rotatable bonds is 5. The van der Waals surface area contributed by atoms with E-state index in [4.69, 9.17) is 5.73 Å². The maximum Gasteiger partial charge on any atom is 0.221 e. The molecule has 1 amide bonds. The summed E-state index contributed by atoms with van der Waals surface area (Å²) >= 11 is 1.74. The minimum absolute atomic E-state index is 0.00813. The zero-order valence-electron chi connectivity index (χ0n) is 12.2. The van der Waals surface area contributed by atoms with Crippen LogP contribution < -0.4 is 11.1 Å². The lowest BCUT2D eigenvalue weighted by Gasteiger charge is -2.20. The summed E-state index contributed by atoms with van der Waals surface area (Å²) in [6.07, 6.45) is 0. The normalized spacial score (nSPS) is 13.5. The highest BCUT2D eigenvalue weighted by Gasteiger charge is 2.15. The van der Waals surface area contributed by atoms with Crippen molar-refractivity contribution in [2.45, 2.75) is 30.0 Å². The van der Waals surface area contributed by atoms with E-state index in [2.05, 4.69) is 24.4 Å². The molecule has 2 aromatic rings. The van der Waals surface area contributed by atoms with Crippen LogP contribution in [0, 0.1) is 0 Å². The van der Waals surface area contributed by atoms with Crippen LogP contribution in [-0.2, 0) is 4.79 Å². The molecule has 0 aliphatic rings. The van der Waals surface area contributed by atoms with Gasteiger partial charge in [0.2, 0.25) is 5.91 Å². The van der Waals surface area contributed by atoms with Crippen molar-refractivity contribution in [3.63, 3.8) is 0 Å². The number of carbonyl (C=O) groups excluding carboxylic acids is 1. The van der Waals surface area contributed by atoms with Crippen molar-refractivity contribution in [3.8, 4) is 0 Å². The first-order valence-corrected chi connectivity index (χ1v) is 7.79. The van der Waals surface area contributed by atoms with Gasteiger partial charge in [-0.3, -0.25) is 4.79 Å². The number of hydrogen-bond donors (Lipinski definition) is 2. The van der Waals surface area contributed by atoms with Crippen LogP contribution in [0.3, 0.4) is 0 Å². The van der Waals surface area contributed by atoms with E-state index >= 15 is 0 Å². The zero-order chi connectivity index (χ0) is 15.2. The van der Waals surface area contributed by atoms with E-state index < -0.39 is 0 Å². The molecule has 0 saturated carbocycles. The Morgan fingerprint density at radius 3 is 2.29 bits per heavy atom. The van der Waals surface area contributed by atoms with Gasteiger partial charge in [-0.1, -0.05) is 37.3 Å².